The van der Waals surface area contributed by atoms with Gasteiger partial charge < -0.3 is 14.2 Å². The molecule has 1 saturated carbocycles. The Bertz CT molecular complexity index is 762. The molecule has 0 N–H and O–H groups in total. The van der Waals surface area contributed by atoms with Crippen LogP contribution >= 0.6 is 0 Å². The lowest BCUT2D eigenvalue weighted by atomic mass is 10.1. The third kappa shape index (κ3) is 3.48. The van der Waals surface area contributed by atoms with Crippen LogP contribution in [-0.4, -0.2) is 41.0 Å². The zero-order valence-corrected chi connectivity index (χ0v) is 14.0. The number of carbonyl (C=O) groups is 1. The molecule has 4 nitrogen and oxygen atoms in total. The van der Waals surface area contributed by atoms with Gasteiger partial charge in [0.05, 0.1) is 12.1 Å². The predicted octanol–water partition coefficient (Wildman–Crippen LogP) is 3.69. The minimum atomic E-state index is -2.38. The second-order valence-electron chi connectivity index (χ2n) is 6.96. The first-order valence-electron chi connectivity index (χ1n) is 8.93. The Kier molecular flexibility index (Phi) is 4.36. The van der Waals surface area contributed by atoms with Crippen molar-refractivity contribution in [3.63, 3.8) is 0 Å². The Morgan fingerprint density at radius 2 is 1.92 bits per heavy atom. The van der Waals surface area contributed by atoms with Crippen LogP contribution in [0.5, 0.6) is 5.75 Å². The van der Waals surface area contributed by atoms with Gasteiger partial charge >= 0.3 is 0 Å². The van der Waals surface area contributed by atoms with Crippen molar-refractivity contribution in [1.29, 1.82) is 0 Å². The number of hydrogen-bond donors (Lipinski definition) is 0. The lowest BCUT2D eigenvalue weighted by Crippen LogP contribution is -2.42. The zero-order chi connectivity index (χ0) is 17.4. The molecule has 0 unspecified atom stereocenters. The van der Waals surface area contributed by atoms with E-state index in [0.717, 1.165) is 55.4 Å². The molecular weight excluding hydrogens is 326 g/mol. The van der Waals surface area contributed by atoms with Gasteiger partial charge in [0.15, 0.2) is 0 Å². The van der Waals surface area contributed by atoms with Crippen molar-refractivity contribution in [3.8, 4) is 5.75 Å². The number of halogens is 2. The molecule has 25 heavy (non-hydrogen) atoms. The highest BCUT2D eigenvalue weighted by Crippen LogP contribution is 2.33. The summed E-state index contributed by atoms with van der Waals surface area (Å²) in [5.74, 6) is 1.29. The molecule has 134 valence electrons. The van der Waals surface area contributed by atoms with E-state index in [1.54, 1.807) is 10.8 Å². The SMILES string of the molecule is O=C(C1CC1)N1CCC(Oc2cccc3c2ccn3CC(F)F)CC1. The van der Waals surface area contributed by atoms with Crippen LogP contribution in [0.15, 0.2) is 30.5 Å². The number of fused-ring (bicyclic) bond motifs is 1. The van der Waals surface area contributed by atoms with Crippen LogP contribution in [0.2, 0.25) is 0 Å². The topological polar surface area (TPSA) is 34.5 Å². The number of ether oxygens (including phenoxy) is 1. The largest absolute Gasteiger partial charge is 0.490 e. The van der Waals surface area contributed by atoms with Gasteiger partial charge in [-0.25, -0.2) is 8.78 Å². The molecule has 6 heteroatoms. The van der Waals surface area contributed by atoms with E-state index in [1.165, 1.54) is 0 Å². The Morgan fingerprint density at radius 3 is 2.60 bits per heavy atom. The number of aromatic nitrogens is 1. The second-order valence-corrected chi connectivity index (χ2v) is 6.96. The van der Waals surface area contributed by atoms with Crippen molar-refractivity contribution in [2.45, 2.75) is 44.8 Å². The van der Waals surface area contributed by atoms with Crippen molar-refractivity contribution >= 4 is 16.8 Å². The number of benzene rings is 1. The van der Waals surface area contributed by atoms with E-state index in [0.29, 0.717) is 5.91 Å². The molecule has 0 spiro atoms. The summed E-state index contributed by atoms with van der Waals surface area (Å²) in [5, 5.41) is 0.861. The van der Waals surface area contributed by atoms with Crippen LogP contribution in [0.25, 0.3) is 10.9 Å². The predicted molar refractivity (Wildman–Crippen MR) is 90.9 cm³/mol. The second kappa shape index (κ2) is 6.65. The minimum Gasteiger partial charge on any atom is -0.490 e. The fourth-order valence-electron chi connectivity index (χ4n) is 3.57. The van der Waals surface area contributed by atoms with Gasteiger partial charge in [-0.15, -0.1) is 0 Å². The third-order valence-electron chi connectivity index (χ3n) is 5.08. The van der Waals surface area contributed by atoms with Gasteiger partial charge in [-0.1, -0.05) is 6.07 Å². The molecule has 1 aromatic carbocycles. The maximum Gasteiger partial charge on any atom is 0.256 e. The monoisotopic (exact) mass is 348 g/mol. The number of rotatable bonds is 5. The molecule has 1 amide bonds. The first-order chi connectivity index (χ1) is 12.1. The maximum absolute atomic E-state index is 12.7. The molecular formula is C19H22F2N2O2. The average molecular weight is 348 g/mol. The quantitative estimate of drug-likeness (QED) is 0.826. The van der Waals surface area contributed by atoms with E-state index in [2.05, 4.69) is 0 Å². The average Bonchev–Trinajstić information content (AvgIpc) is 3.37. The number of amides is 1. The number of alkyl halides is 2. The van der Waals surface area contributed by atoms with Gasteiger partial charge in [-0.3, -0.25) is 4.79 Å². The summed E-state index contributed by atoms with van der Waals surface area (Å²) in [5.41, 5.74) is 0.763. The molecule has 0 bridgehead atoms. The van der Waals surface area contributed by atoms with E-state index in [9.17, 15) is 13.6 Å². The van der Waals surface area contributed by atoms with Crippen molar-refractivity contribution in [2.75, 3.05) is 13.1 Å². The molecule has 1 aliphatic heterocycles. The van der Waals surface area contributed by atoms with Crippen LogP contribution < -0.4 is 4.74 Å². The standard InChI is InChI=1S/C19H22F2N2O2/c20-18(21)12-23-11-8-15-16(23)2-1-3-17(15)25-14-6-9-22(10-7-14)19(24)13-4-5-13/h1-3,8,11,13-14,18H,4-7,9-10,12H2. The number of nitrogens with zero attached hydrogens (tertiary/aromatic N) is 2. The summed E-state index contributed by atoms with van der Waals surface area (Å²) in [6.45, 7) is 1.17. The first kappa shape index (κ1) is 16.4. The highest BCUT2D eigenvalue weighted by molar-refractivity contribution is 5.86. The summed E-state index contributed by atoms with van der Waals surface area (Å²) in [7, 11) is 0. The van der Waals surface area contributed by atoms with Crippen molar-refractivity contribution in [1.82, 2.24) is 9.47 Å². The zero-order valence-electron chi connectivity index (χ0n) is 14.0. The van der Waals surface area contributed by atoms with Crippen molar-refractivity contribution in [3.05, 3.63) is 30.5 Å². The lowest BCUT2D eigenvalue weighted by molar-refractivity contribution is -0.134. The normalized spacial score (nSPS) is 18.9. The van der Waals surface area contributed by atoms with Crippen molar-refractivity contribution < 1.29 is 18.3 Å². The number of carbonyl (C=O) groups excluding carboxylic acids is 1. The summed E-state index contributed by atoms with van der Waals surface area (Å²) in [6, 6.07) is 7.39. The summed E-state index contributed by atoms with van der Waals surface area (Å²) in [4.78, 5) is 14.1. The molecule has 1 aromatic heterocycles. The Balaban J connectivity index is 1.43. The number of piperidine rings is 1. The highest BCUT2D eigenvalue weighted by Gasteiger charge is 2.35. The van der Waals surface area contributed by atoms with Crippen LogP contribution in [0.4, 0.5) is 8.78 Å². The first-order valence-corrected chi connectivity index (χ1v) is 8.93. The molecule has 2 heterocycles. The number of likely N-dealkylation sites (tertiary alicyclic amines) is 1. The van der Waals surface area contributed by atoms with E-state index >= 15 is 0 Å². The maximum atomic E-state index is 12.7. The van der Waals surface area contributed by atoms with Gasteiger partial charge in [-0.2, -0.15) is 0 Å². The molecule has 2 fully saturated rings. The molecule has 2 aliphatic rings. The van der Waals surface area contributed by atoms with Crippen LogP contribution in [0.3, 0.4) is 0 Å². The Labute approximate surface area is 145 Å². The molecule has 1 aliphatic carbocycles. The summed E-state index contributed by atoms with van der Waals surface area (Å²) in [6.07, 6.45) is 3.06. The fourth-order valence-corrected chi connectivity index (χ4v) is 3.57. The van der Waals surface area contributed by atoms with Crippen LogP contribution in [0, 0.1) is 5.92 Å². The fraction of sp³-hybridized carbons (Fsp3) is 0.526. The summed E-state index contributed by atoms with van der Waals surface area (Å²) < 4.78 is 33.1. The Morgan fingerprint density at radius 1 is 1.16 bits per heavy atom. The van der Waals surface area contributed by atoms with E-state index in [-0.39, 0.29) is 18.6 Å². The van der Waals surface area contributed by atoms with Crippen molar-refractivity contribution in [2.24, 2.45) is 5.92 Å². The summed E-state index contributed by atoms with van der Waals surface area (Å²) >= 11 is 0. The third-order valence-corrected chi connectivity index (χ3v) is 5.08. The van der Waals surface area contributed by atoms with Crippen LogP contribution in [0.1, 0.15) is 25.7 Å². The highest BCUT2D eigenvalue weighted by atomic mass is 19.3. The molecule has 2 aromatic rings. The molecule has 4 rings (SSSR count). The molecule has 0 radical (unpaired) electrons. The lowest BCUT2D eigenvalue weighted by Gasteiger charge is -2.32. The minimum absolute atomic E-state index is 0.0623. The van der Waals surface area contributed by atoms with Gasteiger partial charge in [0.1, 0.15) is 11.9 Å². The van der Waals surface area contributed by atoms with Gasteiger partial charge in [0, 0.05) is 43.4 Å². The van der Waals surface area contributed by atoms with Gasteiger partial charge in [0.25, 0.3) is 6.43 Å². The van der Waals surface area contributed by atoms with Crippen LogP contribution in [-0.2, 0) is 11.3 Å². The smallest absolute Gasteiger partial charge is 0.256 e. The Hall–Kier alpha value is -2.11. The van der Waals surface area contributed by atoms with E-state index in [1.807, 2.05) is 29.2 Å². The van der Waals surface area contributed by atoms with Gasteiger partial charge in [0.2, 0.25) is 5.91 Å². The molecule has 1 saturated heterocycles. The van der Waals surface area contributed by atoms with Gasteiger partial charge in [-0.05, 0) is 31.0 Å². The van der Waals surface area contributed by atoms with E-state index in [4.69, 9.17) is 4.74 Å². The molecule has 0 atom stereocenters. The number of hydrogen-bond acceptors (Lipinski definition) is 2. The van der Waals surface area contributed by atoms with E-state index < -0.39 is 6.43 Å².